The van der Waals surface area contributed by atoms with Gasteiger partial charge < -0.3 is 15.0 Å². The highest BCUT2D eigenvalue weighted by Crippen LogP contribution is 2.15. The zero-order chi connectivity index (χ0) is 14.4. The quantitative estimate of drug-likeness (QED) is 0.873. The fourth-order valence-electron chi connectivity index (χ4n) is 2.44. The van der Waals surface area contributed by atoms with E-state index in [1.54, 1.807) is 31.4 Å². The number of hydrogen-bond donors (Lipinski definition) is 1. The van der Waals surface area contributed by atoms with Gasteiger partial charge in [0, 0.05) is 37.3 Å². The van der Waals surface area contributed by atoms with Crippen LogP contribution in [0.2, 0.25) is 5.02 Å². The normalized spacial score (nSPS) is 19.2. The van der Waals surface area contributed by atoms with Gasteiger partial charge in [-0.05, 0) is 43.1 Å². The number of hydrogen-bond acceptors (Lipinski definition) is 3. The van der Waals surface area contributed by atoms with Crippen molar-refractivity contribution >= 4 is 17.5 Å². The summed E-state index contributed by atoms with van der Waals surface area (Å²) in [6.45, 7) is 4.59. The molecule has 1 aliphatic heterocycles. The van der Waals surface area contributed by atoms with E-state index in [-0.39, 0.29) is 5.91 Å². The van der Waals surface area contributed by atoms with Crippen molar-refractivity contribution in [3.05, 3.63) is 34.9 Å². The largest absolute Gasteiger partial charge is 0.383 e. The molecule has 1 atom stereocenters. The third kappa shape index (κ3) is 4.47. The van der Waals surface area contributed by atoms with Gasteiger partial charge in [0.15, 0.2) is 0 Å². The number of halogens is 1. The van der Waals surface area contributed by atoms with Crippen molar-refractivity contribution in [3.63, 3.8) is 0 Å². The van der Waals surface area contributed by atoms with Crippen molar-refractivity contribution in [1.29, 1.82) is 0 Å². The molecule has 1 aromatic carbocycles. The van der Waals surface area contributed by atoms with Crippen LogP contribution in [-0.2, 0) is 4.74 Å². The van der Waals surface area contributed by atoms with Gasteiger partial charge in [-0.1, -0.05) is 11.6 Å². The number of nitrogens with one attached hydrogen (secondary N) is 1. The van der Waals surface area contributed by atoms with Crippen molar-refractivity contribution in [2.75, 3.05) is 39.9 Å². The molecule has 0 spiro atoms. The zero-order valence-corrected chi connectivity index (χ0v) is 12.5. The molecule has 5 heteroatoms. The van der Waals surface area contributed by atoms with E-state index in [1.807, 2.05) is 0 Å². The van der Waals surface area contributed by atoms with E-state index in [4.69, 9.17) is 16.3 Å². The Hall–Kier alpha value is -1.10. The molecular formula is C15H21ClN2O2. The van der Waals surface area contributed by atoms with E-state index in [0.29, 0.717) is 16.5 Å². The number of ether oxygens (including phenoxy) is 1. The van der Waals surface area contributed by atoms with Crippen LogP contribution in [0, 0.1) is 5.92 Å². The van der Waals surface area contributed by atoms with Crippen LogP contribution in [0.1, 0.15) is 16.8 Å². The topological polar surface area (TPSA) is 41.6 Å². The molecule has 1 heterocycles. The molecule has 0 saturated carbocycles. The van der Waals surface area contributed by atoms with Crippen LogP contribution in [0.5, 0.6) is 0 Å². The van der Waals surface area contributed by atoms with Crippen molar-refractivity contribution in [2.45, 2.75) is 6.42 Å². The Labute approximate surface area is 125 Å². The molecule has 0 aromatic heterocycles. The first-order valence-corrected chi connectivity index (χ1v) is 7.32. The maximum atomic E-state index is 12.0. The molecule has 0 aliphatic carbocycles. The molecule has 1 aliphatic rings. The molecule has 2 rings (SSSR count). The van der Waals surface area contributed by atoms with E-state index in [1.165, 1.54) is 0 Å². The summed E-state index contributed by atoms with van der Waals surface area (Å²) in [5.41, 5.74) is 0.656. The monoisotopic (exact) mass is 296 g/mol. The highest BCUT2D eigenvalue weighted by atomic mass is 35.5. The molecule has 1 fully saturated rings. The number of benzene rings is 1. The summed E-state index contributed by atoms with van der Waals surface area (Å²) in [7, 11) is 1.72. The Balaban J connectivity index is 1.73. The van der Waals surface area contributed by atoms with Crippen LogP contribution in [0.3, 0.4) is 0 Å². The van der Waals surface area contributed by atoms with E-state index >= 15 is 0 Å². The minimum Gasteiger partial charge on any atom is -0.383 e. The minimum absolute atomic E-state index is 0.0305. The predicted molar refractivity (Wildman–Crippen MR) is 80.2 cm³/mol. The van der Waals surface area contributed by atoms with Gasteiger partial charge in [-0.3, -0.25) is 4.79 Å². The summed E-state index contributed by atoms with van der Waals surface area (Å²) in [4.78, 5) is 14.4. The maximum absolute atomic E-state index is 12.0. The van der Waals surface area contributed by atoms with E-state index in [9.17, 15) is 4.79 Å². The molecule has 4 nitrogen and oxygen atoms in total. The second kappa shape index (κ2) is 7.62. The Morgan fingerprint density at radius 3 is 2.90 bits per heavy atom. The highest BCUT2D eigenvalue weighted by Gasteiger charge is 2.22. The number of carbonyl (C=O) groups is 1. The van der Waals surface area contributed by atoms with E-state index in [2.05, 4.69) is 10.2 Å². The van der Waals surface area contributed by atoms with Crippen LogP contribution in [0.4, 0.5) is 0 Å². The van der Waals surface area contributed by atoms with Gasteiger partial charge in [-0.2, -0.15) is 0 Å². The average Bonchev–Trinajstić information content (AvgIpc) is 2.91. The second-order valence-corrected chi connectivity index (χ2v) is 5.60. The van der Waals surface area contributed by atoms with Gasteiger partial charge >= 0.3 is 0 Å². The Morgan fingerprint density at radius 1 is 1.45 bits per heavy atom. The maximum Gasteiger partial charge on any atom is 0.251 e. The first kappa shape index (κ1) is 15.3. The molecule has 0 bridgehead atoms. The molecule has 1 unspecified atom stereocenters. The molecule has 1 saturated heterocycles. The summed E-state index contributed by atoms with van der Waals surface area (Å²) < 4.78 is 5.08. The van der Waals surface area contributed by atoms with Crippen LogP contribution in [-0.4, -0.2) is 50.7 Å². The molecular weight excluding hydrogens is 276 g/mol. The van der Waals surface area contributed by atoms with Crippen molar-refractivity contribution in [3.8, 4) is 0 Å². The number of amides is 1. The molecule has 0 radical (unpaired) electrons. The lowest BCUT2D eigenvalue weighted by molar-refractivity contribution is 0.0946. The fraction of sp³-hybridized carbons (Fsp3) is 0.533. The fourth-order valence-corrected chi connectivity index (χ4v) is 2.57. The Bertz CT molecular complexity index is 436. The van der Waals surface area contributed by atoms with Gasteiger partial charge in [0.1, 0.15) is 0 Å². The smallest absolute Gasteiger partial charge is 0.251 e. The first-order chi connectivity index (χ1) is 9.69. The van der Waals surface area contributed by atoms with E-state index < -0.39 is 0 Å². The number of nitrogens with zero attached hydrogens (tertiary/aromatic N) is 1. The van der Waals surface area contributed by atoms with Gasteiger partial charge in [0.25, 0.3) is 5.91 Å². The van der Waals surface area contributed by atoms with Crippen molar-refractivity contribution < 1.29 is 9.53 Å². The second-order valence-electron chi connectivity index (χ2n) is 5.17. The Morgan fingerprint density at radius 2 is 2.20 bits per heavy atom. The van der Waals surface area contributed by atoms with Crippen LogP contribution in [0.25, 0.3) is 0 Å². The zero-order valence-electron chi connectivity index (χ0n) is 11.8. The third-order valence-electron chi connectivity index (χ3n) is 3.64. The van der Waals surface area contributed by atoms with Crippen LogP contribution < -0.4 is 5.32 Å². The molecule has 1 N–H and O–H groups in total. The molecule has 110 valence electrons. The number of methoxy groups -OCH3 is 1. The average molecular weight is 297 g/mol. The standard InChI is InChI=1S/C15H21ClN2O2/c1-20-9-8-18-7-6-12(11-18)10-17-15(19)13-2-4-14(16)5-3-13/h2-5,12H,6-11H2,1H3,(H,17,19). The van der Waals surface area contributed by atoms with Gasteiger partial charge in [-0.15, -0.1) is 0 Å². The summed E-state index contributed by atoms with van der Waals surface area (Å²) in [6.07, 6.45) is 1.13. The summed E-state index contributed by atoms with van der Waals surface area (Å²) in [5, 5.41) is 3.64. The molecule has 20 heavy (non-hydrogen) atoms. The number of likely N-dealkylation sites (tertiary alicyclic amines) is 1. The molecule has 1 amide bonds. The first-order valence-electron chi connectivity index (χ1n) is 6.94. The van der Waals surface area contributed by atoms with Crippen LogP contribution >= 0.6 is 11.6 Å². The van der Waals surface area contributed by atoms with Gasteiger partial charge in [0.05, 0.1) is 6.61 Å². The SMILES string of the molecule is COCCN1CCC(CNC(=O)c2ccc(Cl)cc2)C1. The van der Waals surface area contributed by atoms with Crippen molar-refractivity contribution in [1.82, 2.24) is 10.2 Å². The van der Waals surface area contributed by atoms with Crippen molar-refractivity contribution in [2.24, 2.45) is 5.92 Å². The Kier molecular flexibility index (Phi) is 5.83. The molecule has 1 aromatic rings. The van der Waals surface area contributed by atoms with Gasteiger partial charge in [-0.25, -0.2) is 0 Å². The lowest BCUT2D eigenvalue weighted by Gasteiger charge is -2.15. The highest BCUT2D eigenvalue weighted by molar-refractivity contribution is 6.30. The number of rotatable bonds is 6. The van der Waals surface area contributed by atoms with Crippen LogP contribution in [0.15, 0.2) is 24.3 Å². The third-order valence-corrected chi connectivity index (χ3v) is 3.89. The summed E-state index contributed by atoms with van der Waals surface area (Å²) in [6, 6.07) is 6.96. The van der Waals surface area contributed by atoms with E-state index in [0.717, 1.165) is 39.2 Å². The minimum atomic E-state index is -0.0305. The lowest BCUT2D eigenvalue weighted by atomic mass is 10.1. The summed E-state index contributed by atoms with van der Waals surface area (Å²) >= 11 is 5.81. The summed E-state index contributed by atoms with van der Waals surface area (Å²) in [5.74, 6) is 0.500. The van der Waals surface area contributed by atoms with Gasteiger partial charge in [0.2, 0.25) is 0 Å². The predicted octanol–water partition coefficient (Wildman–Crippen LogP) is 2.04. The lowest BCUT2D eigenvalue weighted by Crippen LogP contribution is -2.31. The number of carbonyl (C=O) groups excluding carboxylic acids is 1.